The predicted octanol–water partition coefficient (Wildman–Crippen LogP) is 1.78. The van der Waals surface area contributed by atoms with Crippen LogP contribution in [0.1, 0.15) is 23.1 Å². The topological polar surface area (TPSA) is 72.7 Å². The van der Waals surface area contributed by atoms with Crippen molar-refractivity contribution in [3.8, 4) is 0 Å². The maximum absolute atomic E-state index is 12.0. The molecule has 0 atom stereocenters. The number of rotatable bonds is 4. The zero-order chi connectivity index (χ0) is 14.7. The number of aryl methyl sites for hydroxylation is 1. The molecular weight excluding hydrogens is 266 g/mol. The first kappa shape index (κ1) is 13.2. The van der Waals surface area contributed by atoms with E-state index in [9.17, 15) is 4.79 Å². The van der Waals surface area contributed by atoms with Crippen LogP contribution in [0.4, 0.5) is 0 Å². The van der Waals surface area contributed by atoms with Gasteiger partial charge in [0, 0.05) is 24.3 Å². The molecule has 2 aromatic heterocycles. The number of fused-ring (bicyclic) bond motifs is 1. The fourth-order valence-electron chi connectivity index (χ4n) is 2.24. The summed E-state index contributed by atoms with van der Waals surface area (Å²) in [6, 6.07) is 7.99. The van der Waals surface area contributed by atoms with Gasteiger partial charge in [0.2, 0.25) is 0 Å². The Morgan fingerprint density at radius 2 is 2.14 bits per heavy atom. The maximum Gasteiger partial charge on any atom is 0.271 e. The van der Waals surface area contributed by atoms with Gasteiger partial charge in [0.25, 0.3) is 5.91 Å². The van der Waals surface area contributed by atoms with Crippen LogP contribution in [-0.4, -0.2) is 25.7 Å². The molecule has 0 unspecified atom stereocenters. The highest BCUT2D eigenvalue weighted by Gasteiger charge is 2.11. The summed E-state index contributed by atoms with van der Waals surface area (Å²) in [5, 5.41) is 8.42. The summed E-state index contributed by atoms with van der Waals surface area (Å²) in [6.07, 6.45) is 4.47. The van der Waals surface area contributed by atoms with Crippen molar-refractivity contribution in [1.29, 1.82) is 0 Å². The van der Waals surface area contributed by atoms with E-state index in [2.05, 4.69) is 20.4 Å². The summed E-state index contributed by atoms with van der Waals surface area (Å²) in [5.41, 5.74) is 2.23. The molecule has 3 aromatic rings. The Morgan fingerprint density at radius 3 is 2.90 bits per heavy atom. The van der Waals surface area contributed by atoms with Crippen molar-refractivity contribution in [3.05, 3.63) is 54.2 Å². The summed E-state index contributed by atoms with van der Waals surface area (Å²) in [4.78, 5) is 19.8. The number of carbonyl (C=O) groups is 1. The molecule has 2 heterocycles. The molecule has 1 N–H and O–H groups in total. The lowest BCUT2D eigenvalue weighted by molar-refractivity contribution is 0.0945. The van der Waals surface area contributed by atoms with Crippen LogP contribution in [0.15, 0.2) is 42.9 Å². The van der Waals surface area contributed by atoms with Crippen LogP contribution >= 0.6 is 0 Å². The van der Waals surface area contributed by atoms with Gasteiger partial charge in [-0.3, -0.25) is 14.5 Å². The smallest absolute Gasteiger partial charge is 0.271 e. The zero-order valence-electron chi connectivity index (χ0n) is 11.7. The largest absolute Gasteiger partial charge is 0.345 e. The van der Waals surface area contributed by atoms with Crippen molar-refractivity contribution in [3.63, 3.8) is 0 Å². The van der Waals surface area contributed by atoms with E-state index in [0.29, 0.717) is 12.2 Å². The molecule has 21 heavy (non-hydrogen) atoms. The van der Waals surface area contributed by atoms with Gasteiger partial charge in [0.15, 0.2) is 0 Å². The van der Waals surface area contributed by atoms with Crippen LogP contribution < -0.4 is 5.32 Å². The number of hydrogen-bond acceptors (Lipinski definition) is 4. The summed E-state index contributed by atoms with van der Waals surface area (Å²) < 4.78 is 1.93. The van der Waals surface area contributed by atoms with Gasteiger partial charge in [-0.1, -0.05) is 18.2 Å². The lowest BCUT2D eigenvalue weighted by Gasteiger charge is -2.02. The van der Waals surface area contributed by atoms with Gasteiger partial charge in [-0.15, -0.1) is 0 Å². The number of benzene rings is 1. The summed E-state index contributed by atoms with van der Waals surface area (Å²) in [5.74, 6) is -0.252. The third kappa shape index (κ3) is 2.60. The van der Waals surface area contributed by atoms with E-state index < -0.39 is 0 Å². The molecule has 0 spiro atoms. The van der Waals surface area contributed by atoms with Gasteiger partial charge in [-0.05, 0) is 13.0 Å². The van der Waals surface area contributed by atoms with E-state index in [1.807, 2.05) is 35.9 Å². The highest BCUT2D eigenvalue weighted by Crippen LogP contribution is 2.18. The summed E-state index contributed by atoms with van der Waals surface area (Å²) in [6.45, 7) is 3.20. The minimum absolute atomic E-state index is 0.252. The number of carbonyl (C=O) groups excluding carboxylic acids is 1. The Labute approximate surface area is 121 Å². The van der Waals surface area contributed by atoms with Gasteiger partial charge < -0.3 is 5.32 Å². The highest BCUT2D eigenvalue weighted by atomic mass is 16.1. The van der Waals surface area contributed by atoms with Gasteiger partial charge in [-0.2, -0.15) is 5.10 Å². The number of amides is 1. The molecule has 0 aliphatic heterocycles. The monoisotopic (exact) mass is 281 g/mol. The second-order valence-corrected chi connectivity index (χ2v) is 4.55. The van der Waals surface area contributed by atoms with E-state index >= 15 is 0 Å². The minimum atomic E-state index is -0.252. The Kier molecular flexibility index (Phi) is 3.59. The van der Waals surface area contributed by atoms with Gasteiger partial charge in [-0.25, -0.2) is 4.98 Å². The second-order valence-electron chi connectivity index (χ2n) is 4.55. The molecule has 1 aromatic carbocycles. The van der Waals surface area contributed by atoms with Crippen LogP contribution in [-0.2, 0) is 13.1 Å². The highest BCUT2D eigenvalue weighted by molar-refractivity contribution is 5.92. The minimum Gasteiger partial charge on any atom is -0.345 e. The Hall–Kier alpha value is -2.76. The van der Waals surface area contributed by atoms with E-state index in [0.717, 1.165) is 23.1 Å². The average Bonchev–Trinajstić information content (AvgIpc) is 2.91. The first-order valence-corrected chi connectivity index (χ1v) is 6.78. The number of nitrogens with zero attached hydrogens (tertiary/aromatic N) is 4. The van der Waals surface area contributed by atoms with Crippen LogP contribution in [0.3, 0.4) is 0 Å². The van der Waals surface area contributed by atoms with Crippen LogP contribution in [0.25, 0.3) is 10.9 Å². The summed E-state index contributed by atoms with van der Waals surface area (Å²) >= 11 is 0. The van der Waals surface area contributed by atoms with E-state index in [1.54, 1.807) is 0 Å². The molecule has 0 aliphatic carbocycles. The van der Waals surface area contributed by atoms with Crippen LogP contribution in [0.5, 0.6) is 0 Å². The van der Waals surface area contributed by atoms with Crippen molar-refractivity contribution in [1.82, 2.24) is 25.1 Å². The number of aromatic nitrogens is 4. The average molecular weight is 281 g/mol. The summed E-state index contributed by atoms with van der Waals surface area (Å²) in [7, 11) is 0. The van der Waals surface area contributed by atoms with Crippen molar-refractivity contribution >= 4 is 16.8 Å². The van der Waals surface area contributed by atoms with Crippen molar-refractivity contribution in [2.45, 2.75) is 20.0 Å². The molecule has 3 rings (SSSR count). The third-order valence-corrected chi connectivity index (χ3v) is 3.25. The molecule has 0 bridgehead atoms. The molecule has 0 fully saturated rings. The Bertz CT molecular complexity index is 766. The Balaban J connectivity index is 1.81. The SMILES string of the molecule is CCn1nc(CNC(=O)c2cnccn2)c2ccccc21. The molecule has 0 saturated heterocycles. The van der Waals surface area contributed by atoms with Gasteiger partial charge in [0.05, 0.1) is 24.0 Å². The zero-order valence-corrected chi connectivity index (χ0v) is 11.7. The fraction of sp³-hybridized carbons (Fsp3) is 0.200. The van der Waals surface area contributed by atoms with Crippen LogP contribution in [0.2, 0.25) is 0 Å². The Morgan fingerprint density at radius 1 is 1.29 bits per heavy atom. The van der Waals surface area contributed by atoms with Crippen molar-refractivity contribution in [2.24, 2.45) is 0 Å². The number of para-hydroxylation sites is 1. The normalized spacial score (nSPS) is 10.7. The molecule has 6 heteroatoms. The number of hydrogen-bond donors (Lipinski definition) is 1. The lowest BCUT2D eigenvalue weighted by atomic mass is 10.2. The molecular formula is C15H15N5O. The van der Waals surface area contributed by atoms with E-state index in [1.165, 1.54) is 18.6 Å². The first-order chi connectivity index (χ1) is 10.3. The maximum atomic E-state index is 12.0. The molecule has 0 radical (unpaired) electrons. The molecule has 0 aliphatic rings. The predicted molar refractivity (Wildman–Crippen MR) is 78.6 cm³/mol. The molecule has 6 nitrogen and oxygen atoms in total. The first-order valence-electron chi connectivity index (χ1n) is 6.78. The van der Waals surface area contributed by atoms with E-state index in [4.69, 9.17) is 0 Å². The lowest BCUT2D eigenvalue weighted by Crippen LogP contribution is -2.24. The van der Waals surface area contributed by atoms with Gasteiger partial charge in [0.1, 0.15) is 5.69 Å². The second kappa shape index (κ2) is 5.70. The third-order valence-electron chi connectivity index (χ3n) is 3.25. The van der Waals surface area contributed by atoms with Gasteiger partial charge >= 0.3 is 0 Å². The quantitative estimate of drug-likeness (QED) is 0.791. The standard InChI is InChI=1S/C15H15N5O/c1-2-20-14-6-4-3-5-11(14)12(19-20)10-18-15(21)13-9-16-7-8-17-13/h3-9H,2,10H2,1H3,(H,18,21). The molecule has 106 valence electrons. The number of nitrogens with one attached hydrogen (secondary N) is 1. The van der Waals surface area contributed by atoms with Crippen LogP contribution in [0, 0.1) is 0 Å². The molecule has 1 amide bonds. The molecule has 0 saturated carbocycles. The van der Waals surface area contributed by atoms with Crippen molar-refractivity contribution < 1.29 is 4.79 Å². The van der Waals surface area contributed by atoms with E-state index in [-0.39, 0.29) is 5.91 Å². The fourth-order valence-corrected chi connectivity index (χ4v) is 2.24. The van der Waals surface area contributed by atoms with Crippen molar-refractivity contribution in [2.75, 3.05) is 0 Å².